The molecular formula is C10H10O. The summed E-state index contributed by atoms with van der Waals surface area (Å²) in [7, 11) is 0. The number of carbonyl (C=O) groups excluding carboxylic acids is 1. The van der Waals surface area contributed by atoms with Gasteiger partial charge in [-0.05, 0) is 12.2 Å². The predicted molar refractivity (Wildman–Crippen MR) is 44.8 cm³/mol. The average Bonchev–Trinajstić information content (AvgIpc) is 1.97. The number of rotatable bonds is 1. The van der Waals surface area contributed by atoms with E-state index in [2.05, 4.69) is 5.92 Å². The first-order valence-electron chi connectivity index (χ1n) is 3.52. The molecule has 0 bridgehead atoms. The molecule has 1 heteroatoms. The predicted octanol–water partition coefficient (Wildman–Crippen LogP) is 1.71. The van der Waals surface area contributed by atoms with E-state index >= 15 is 0 Å². The van der Waals surface area contributed by atoms with Gasteiger partial charge in [-0.25, -0.2) is 0 Å². The number of ketones is 1. The van der Waals surface area contributed by atoms with E-state index in [4.69, 9.17) is 6.42 Å². The molecular weight excluding hydrogens is 136 g/mol. The minimum Gasteiger partial charge on any atom is -0.290 e. The van der Waals surface area contributed by atoms with Crippen LogP contribution in [-0.4, -0.2) is 5.78 Å². The van der Waals surface area contributed by atoms with E-state index in [0.29, 0.717) is 6.42 Å². The van der Waals surface area contributed by atoms with Crippen molar-refractivity contribution in [3.63, 3.8) is 0 Å². The second-order valence-electron chi connectivity index (χ2n) is 2.96. The Hall–Kier alpha value is -1.29. The van der Waals surface area contributed by atoms with Crippen LogP contribution in [0.25, 0.3) is 0 Å². The quantitative estimate of drug-likeness (QED) is 0.515. The second kappa shape index (κ2) is 2.75. The summed E-state index contributed by atoms with van der Waals surface area (Å²) >= 11 is 0. The van der Waals surface area contributed by atoms with Gasteiger partial charge in [-0.3, -0.25) is 4.79 Å². The molecule has 0 aromatic rings. The molecule has 11 heavy (non-hydrogen) atoms. The molecule has 0 saturated heterocycles. The summed E-state index contributed by atoms with van der Waals surface area (Å²) in [4.78, 5) is 10.7. The number of hydrogen-bond acceptors (Lipinski definition) is 1. The average molecular weight is 146 g/mol. The van der Waals surface area contributed by atoms with Crippen LogP contribution in [-0.2, 0) is 4.79 Å². The zero-order valence-corrected chi connectivity index (χ0v) is 6.50. The van der Waals surface area contributed by atoms with Crippen molar-refractivity contribution in [2.75, 3.05) is 0 Å². The van der Waals surface area contributed by atoms with E-state index in [-0.39, 0.29) is 11.2 Å². The van der Waals surface area contributed by atoms with Crippen molar-refractivity contribution < 1.29 is 4.79 Å². The van der Waals surface area contributed by atoms with Crippen LogP contribution in [0.15, 0.2) is 24.3 Å². The first kappa shape index (κ1) is 7.81. The molecule has 0 atom stereocenters. The summed E-state index contributed by atoms with van der Waals surface area (Å²) < 4.78 is 0. The summed E-state index contributed by atoms with van der Waals surface area (Å²) in [5, 5.41) is 0. The minimum atomic E-state index is -0.108. The molecule has 0 aromatic carbocycles. The third-order valence-corrected chi connectivity index (χ3v) is 1.74. The zero-order chi connectivity index (χ0) is 8.32. The van der Waals surface area contributed by atoms with Crippen molar-refractivity contribution in [3.8, 4) is 12.3 Å². The van der Waals surface area contributed by atoms with Crippen LogP contribution in [0, 0.1) is 17.8 Å². The molecule has 1 aliphatic carbocycles. The lowest BCUT2D eigenvalue weighted by atomic mass is 9.83. The van der Waals surface area contributed by atoms with Crippen LogP contribution in [0.5, 0.6) is 0 Å². The van der Waals surface area contributed by atoms with Crippen LogP contribution in [0.3, 0.4) is 0 Å². The standard InChI is InChI=1S/C10H10O/c1-3-6-10(2)7-4-9(11)5-8-10/h1,4-5,7-8H,6H2,2H3. The van der Waals surface area contributed by atoms with Gasteiger partial charge in [-0.2, -0.15) is 0 Å². The lowest BCUT2D eigenvalue weighted by Gasteiger charge is -2.20. The first-order valence-corrected chi connectivity index (χ1v) is 3.52. The highest BCUT2D eigenvalue weighted by Crippen LogP contribution is 2.26. The maximum atomic E-state index is 10.7. The molecule has 0 fully saturated rings. The summed E-state index contributed by atoms with van der Waals surface area (Å²) in [5.41, 5.74) is -0.108. The van der Waals surface area contributed by atoms with Crippen LogP contribution >= 0.6 is 0 Å². The van der Waals surface area contributed by atoms with Gasteiger partial charge in [0, 0.05) is 11.8 Å². The Bertz CT molecular complexity index is 247. The Morgan fingerprint density at radius 3 is 2.55 bits per heavy atom. The molecule has 1 aliphatic rings. The second-order valence-corrected chi connectivity index (χ2v) is 2.96. The van der Waals surface area contributed by atoms with Crippen molar-refractivity contribution in [2.24, 2.45) is 5.41 Å². The number of allylic oxidation sites excluding steroid dienone is 4. The summed E-state index contributed by atoms with van der Waals surface area (Å²) in [6.45, 7) is 2.01. The fraction of sp³-hybridized carbons (Fsp3) is 0.300. The van der Waals surface area contributed by atoms with E-state index in [1.807, 2.05) is 19.1 Å². The van der Waals surface area contributed by atoms with Gasteiger partial charge in [-0.1, -0.05) is 19.1 Å². The third kappa shape index (κ3) is 1.81. The normalized spacial score (nSPS) is 19.8. The number of hydrogen-bond donors (Lipinski definition) is 0. The molecule has 0 unspecified atom stereocenters. The molecule has 56 valence electrons. The molecule has 0 radical (unpaired) electrons. The lowest BCUT2D eigenvalue weighted by molar-refractivity contribution is -0.110. The lowest BCUT2D eigenvalue weighted by Crippen LogP contribution is -2.12. The fourth-order valence-electron chi connectivity index (χ4n) is 0.994. The monoisotopic (exact) mass is 146 g/mol. The van der Waals surface area contributed by atoms with Crippen molar-refractivity contribution in [2.45, 2.75) is 13.3 Å². The molecule has 0 aromatic heterocycles. The molecule has 1 nitrogen and oxygen atoms in total. The Balaban J connectivity index is 2.78. The maximum absolute atomic E-state index is 10.7. The van der Waals surface area contributed by atoms with Gasteiger partial charge in [0.15, 0.2) is 5.78 Å². The zero-order valence-electron chi connectivity index (χ0n) is 6.50. The molecule has 0 spiro atoms. The van der Waals surface area contributed by atoms with Crippen LogP contribution < -0.4 is 0 Å². The van der Waals surface area contributed by atoms with E-state index in [9.17, 15) is 4.79 Å². The van der Waals surface area contributed by atoms with Crippen molar-refractivity contribution in [1.82, 2.24) is 0 Å². The molecule has 0 heterocycles. The largest absolute Gasteiger partial charge is 0.290 e. The smallest absolute Gasteiger partial charge is 0.178 e. The summed E-state index contributed by atoms with van der Waals surface area (Å²) in [6.07, 6.45) is 12.7. The highest BCUT2D eigenvalue weighted by molar-refractivity contribution is 6.00. The van der Waals surface area contributed by atoms with Gasteiger partial charge in [0.25, 0.3) is 0 Å². The highest BCUT2D eigenvalue weighted by atomic mass is 16.1. The van der Waals surface area contributed by atoms with Crippen LogP contribution in [0.4, 0.5) is 0 Å². The van der Waals surface area contributed by atoms with Gasteiger partial charge in [-0.15, -0.1) is 12.3 Å². The van der Waals surface area contributed by atoms with Crippen LogP contribution in [0.2, 0.25) is 0 Å². The first-order chi connectivity index (χ1) is 5.16. The number of terminal acetylenes is 1. The molecule has 0 saturated carbocycles. The molecule has 0 amide bonds. The van der Waals surface area contributed by atoms with Gasteiger partial charge >= 0.3 is 0 Å². The van der Waals surface area contributed by atoms with E-state index < -0.39 is 0 Å². The molecule has 1 rings (SSSR count). The van der Waals surface area contributed by atoms with Gasteiger partial charge in [0.05, 0.1) is 0 Å². The minimum absolute atomic E-state index is 0.0412. The summed E-state index contributed by atoms with van der Waals surface area (Å²) in [5.74, 6) is 2.62. The topological polar surface area (TPSA) is 17.1 Å². The van der Waals surface area contributed by atoms with Crippen molar-refractivity contribution >= 4 is 5.78 Å². The Morgan fingerprint density at radius 1 is 1.55 bits per heavy atom. The maximum Gasteiger partial charge on any atom is 0.178 e. The SMILES string of the molecule is C#CCC1(C)C=CC(=O)C=C1. The van der Waals surface area contributed by atoms with Crippen molar-refractivity contribution in [3.05, 3.63) is 24.3 Å². The third-order valence-electron chi connectivity index (χ3n) is 1.74. The van der Waals surface area contributed by atoms with Gasteiger partial charge in [0.1, 0.15) is 0 Å². The summed E-state index contributed by atoms with van der Waals surface area (Å²) in [6, 6.07) is 0. The van der Waals surface area contributed by atoms with E-state index in [1.54, 1.807) is 12.2 Å². The van der Waals surface area contributed by atoms with E-state index in [0.717, 1.165) is 0 Å². The molecule has 0 aliphatic heterocycles. The van der Waals surface area contributed by atoms with Gasteiger partial charge in [0.2, 0.25) is 0 Å². The van der Waals surface area contributed by atoms with E-state index in [1.165, 1.54) is 0 Å². The number of carbonyl (C=O) groups is 1. The van der Waals surface area contributed by atoms with Gasteiger partial charge < -0.3 is 0 Å². The van der Waals surface area contributed by atoms with Crippen molar-refractivity contribution in [1.29, 1.82) is 0 Å². The molecule has 0 N–H and O–H groups in total. The van der Waals surface area contributed by atoms with Crippen LogP contribution in [0.1, 0.15) is 13.3 Å². The fourth-order valence-corrected chi connectivity index (χ4v) is 0.994. The Kier molecular flexibility index (Phi) is 1.96. The Labute approximate surface area is 66.8 Å². The highest BCUT2D eigenvalue weighted by Gasteiger charge is 2.18. The Morgan fingerprint density at radius 2 is 2.09 bits per heavy atom.